The van der Waals surface area contributed by atoms with Crippen molar-refractivity contribution in [1.29, 1.82) is 0 Å². The smallest absolute Gasteiger partial charge is 0.0360 e. The maximum absolute atomic E-state index is 2.57. The SMILES string of the molecule is CC(C)CCC(C)C1CCC(C2CCC(C)CC2)C(C)C1. The summed E-state index contributed by atoms with van der Waals surface area (Å²) in [7, 11) is 0. The highest BCUT2D eigenvalue weighted by atomic mass is 14.4. The molecule has 0 heterocycles. The molecule has 0 aliphatic heterocycles. The quantitative estimate of drug-likeness (QED) is 0.515. The minimum atomic E-state index is 0.880. The highest BCUT2D eigenvalue weighted by molar-refractivity contribution is 4.86. The first-order valence-electron chi connectivity index (χ1n) is 9.97. The zero-order chi connectivity index (χ0) is 15.4. The van der Waals surface area contributed by atoms with Gasteiger partial charge in [-0.05, 0) is 73.5 Å². The molecule has 0 aromatic heterocycles. The monoisotopic (exact) mass is 292 g/mol. The van der Waals surface area contributed by atoms with Gasteiger partial charge in [0, 0.05) is 0 Å². The maximum Gasteiger partial charge on any atom is -0.0360 e. The summed E-state index contributed by atoms with van der Waals surface area (Å²) in [5.74, 6) is 6.99. The Labute approximate surface area is 134 Å². The second kappa shape index (κ2) is 8.02. The number of rotatable bonds is 5. The molecule has 0 spiro atoms. The van der Waals surface area contributed by atoms with Crippen LogP contribution in [0.1, 0.15) is 92.4 Å². The van der Waals surface area contributed by atoms with Gasteiger partial charge in [-0.3, -0.25) is 0 Å². The van der Waals surface area contributed by atoms with Gasteiger partial charge in [0.15, 0.2) is 0 Å². The summed E-state index contributed by atoms with van der Waals surface area (Å²) in [6, 6.07) is 0. The lowest BCUT2D eigenvalue weighted by Gasteiger charge is -2.43. The van der Waals surface area contributed by atoms with Crippen LogP contribution in [-0.4, -0.2) is 0 Å². The molecule has 0 heteroatoms. The fourth-order valence-electron chi connectivity index (χ4n) is 5.22. The summed E-state index contributed by atoms with van der Waals surface area (Å²) in [6.07, 6.45) is 13.5. The first-order chi connectivity index (χ1) is 9.97. The van der Waals surface area contributed by atoms with E-state index in [-0.39, 0.29) is 0 Å². The summed E-state index contributed by atoms with van der Waals surface area (Å²) in [5, 5.41) is 0. The van der Waals surface area contributed by atoms with Crippen LogP contribution in [0.15, 0.2) is 0 Å². The van der Waals surface area contributed by atoms with Crippen LogP contribution >= 0.6 is 0 Å². The van der Waals surface area contributed by atoms with Gasteiger partial charge in [-0.25, -0.2) is 0 Å². The Morgan fingerprint density at radius 3 is 2.05 bits per heavy atom. The van der Waals surface area contributed by atoms with E-state index in [2.05, 4.69) is 34.6 Å². The Hall–Kier alpha value is 0. The first kappa shape index (κ1) is 17.4. The average Bonchev–Trinajstić information content (AvgIpc) is 2.45. The van der Waals surface area contributed by atoms with Crippen molar-refractivity contribution in [3.05, 3.63) is 0 Å². The molecular weight excluding hydrogens is 252 g/mol. The first-order valence-corrected chi connectivity index (χ1v) is 9.97. The Kier molecular flexibility index (Phi) is 6.63. The average molecular weight is 293 g/mol. The highest BCUT2D eigenvalue weighted by Crippen LogP contribution is 2.46. The minimum absolute atomic E-state index is 0.880. The predicted molar refractivity (Wildman–Crippen MR) is 94.4 cm³/mol. The third-order valence-corrected chi connectivity index (χ3v) is 6.95. The van der Waals surface area contributed by atoms with E-state index in [1.165, 1.54) is 57.8 Å². The van der Waals surface area contributed by atoms with Crippen molar-refractivity contribution in [3.63, 3.8) is 0 Å². The van der Waals surface area contributed by atoms with E-state index in [4.69, 9.17) is 0 Å². The van der Waals surface area contributed by atoms with E-state index in [0.717, 1.165) is 41.4 Å². The van der Waals surface area contributed by atoms with Crippen LogP contribution < -0.4 is 0 Å². The van der Waals surface area contributed by atoms with Gasteiger partial charge in [-0.2, -0.15) is 0 Å². The van der Waals surface area contributed by atoms with Gasteiger partial charge in [0.1, 0.15) is 0 Å². The van der Waals surface area contributed by atoms with Crippen molar-refractivity contribution in [1.82, 2.24) is 0 Å². The molecule has 2 aliphatic rings. The Morgan fingerprint density at radius 1 is 0.810 bits per heavy atom. The summed E-state index contributed by atoms with van der Waals surface area (Å²) in [4.78, 5) is 0. The summed E-state index contributed by atoms with van der Waals surface area (Å²) in [6.45, 7) is 12.3. The van der Waals surface area contributed by atoms with E-state index >= 15 is 0 Å². The van der Waals surface area contributed by atoms with E-state index in [1.807, 2.05) is 0 Å². The molecule has 0 saturated heterocycles. The van der Waals surface area contributed by atoms with Crippen molar-refractivity contribution in [2.24, 2.45) is 41.4 Å². The van der Waals surface area contributed by atoms with Crippen LogP contribution in [0.25, 0.3) is 0 Å². The van der Waals surface area contributed by atoms with Crippen molar-refractivity contribution in [2.45, 2.75) is 92.4 Å². The van der Waals surface area contributed by atoms with Crippen molar-refractivity contribution in [3.8, 4) is 0 Å². The normalized spacial score (nSPS) is 39.4. The molecule has 4 unspecified atom stereocenters. The molecule has 0 bridgehead atoms. The lowest BCUT2D eigenvalue weighted by Crippen LogP contribution is -2.33. The Balaban J connectivity index is 1.78. The molecule has 0 aromatic carbocycles. The number of hydrogen-bond donors (Lipinski definition) is 0. The van der Waals surface area contributed by atoms with Crippen molar-refractivity contribution >= 4 is 0 Å². The van der Waals surface area contributed by atoms with Crippen LogP contribution in [0.4, 0.5) is 0 Å². The molecule has 0 nitrogen and oxygen atoms in total. The zero-order valence-electron chi connectivity index (χ0n) is 15.4. The van der Waals surface area contributed by atoms with E-state index in [0.29, 0.717) is 0 Å². The maximum atomic E-state index is 2.57. The van der Waals surface area contributed by atoms with Crippen LogP contribution in [0, 0.1) is 41.4 Å². The highest BCUT2D eigenvalue weighted by Gasteiger charge is 2.35. The molecule has 0 radical (unpaired) electrons. The second-order valence-corrected chi connectivity index (χ2v) is 9.18. The van der Waals surface area contributed by atoms with Crippen LogP contribution in [0.2, 0.25) is 0 Å². The molecule has 0 N–H and O–H groups in total. The van der Waals surface area contributed by atoms with Crippen molar-refractivity contribution in [2.75, 3.05) is 0 Å². The number of hydrogen-bond acceptors (Lipinski definition) is 0. The lowest BCUT2D eigenvalue weighted by atomic mass is 9.63. The molecule has 124 valence electrons. The second-order valence-electron chi connectivity index (χ2n) is 9.18. The van der Waals surface area contributed by atoms with Gasteiger partial charge in [0.2, 0.25) is 0 Å². The third-order valence-electron chi connectivity index (χ3n) is 6.95. The van der Waals surface area contributed by atoms with Gasteiger partial charge in [-0.1, -0.05) is 60.3 Å². The summed E-state index contributed by atoms with van der Waals surface area (Å²) >= 11 is 0. The molecule has 0 aromatic rings. The fraction of sp³-hybridized carbons (Fsp3) is 1.00. The zero-order valence-corrected chi connectivity index (χ0v) is 15.4. The largest absolute Gasteiger partial charge is 0.0628 e. The van der Waals surface area contributed by atoms with Gasteiger partial charge >= 0.3 is 0 Å². The summed E-state index contributed by atoms with van der Waals surface area (Å²) in [5.41, 5.74) is 0. The topological polar surface area (TPSA) is 0 Å². The van der Waals surface area contributed by atoms with Crippen LogP contribution in [0.3, 0.4) is 0 Å². The fourth-order valence-corrected chi connectivity index (χ4v) is 5.22. The molecule has 2 fully saturated rings. The van der Waals surface area contributed by atoms with Crippen molar-refractivity contribution < 1.29 is 0 Å². The molecule has 2 rings (SSSR count). The van der Waals surface area contributed by atoms with Crippen LogP contribution in [0.5, 0.6) is 0 Å². The molecule has 2 saturated carbocycles. The van der Waals surface area contributed by atoms with Gasteiger partial charge in [-0.15, -0.1) is 0 Å². The van der Waals surface area contributed by atoms with E-state index in [1.54, 1.807) is 0 Å². The molecular formula is C21H40. The molecule has 21 heavy (non-hydrogen) atoms. The standard InChI is InChI=1S/C21H40/c1-15(2)6-9-17(4)20-12-13-21(18(5)14-20)19-10-7-16(3)8-11-19/h15-21H,6-14H2,1-5H3. The van der Waals surface area contributed by atoms with Crippen LogP contribution in [-0.2, 0) is 0 Å². The molecule has 4 atom stereocenters. The van der Waals surface area contributed by atoms with E-state index < -0.39 is 0 Å². The molecule has 0 amide bonds. The lowest BCUT2D eigenvalue weighted by molar-refractivity contribution is 0.0792. The predicted octanol–water partition coefficient (Wildman–Crippen LogP) is 6.94. The Morgan fingerprint density at radius 2 is 1.48 bits per heavy atom. The van der Waals surface area contributed by atoms with E-state index in [9.17, 15) is 0 Å². The Bertz CT molecular complexity index is 284. The summed E-state index contributed by atoms with van der Waals surface area (Å²) < 4.78 is 0. The third kappa shape index (κ3) is 5.00. The molecule has 2 aliphatic carbocycles. The minimum Gasteiger partial charge on any atom is -0.0628 e. The van der Waals surface area contributed by atoms with Gasteiger partial charge < -0.3 is 0 Å². The van der Waals surface area contributed by atoms with Gasteiger partial charge in [0.25, 0.3) is 0 Å². The van der Waals surface area contributed by atoms with Gasteiger partial charge in [0.05, 0.1) is 0 Å².